The van der Waals surface area contributed by atoms with Crippen molar-refractivity contribution >= 4 is 11.9 Å². The number of ether oxygens (including phenoxy) is 3. The average molecular weight is 549 g/mol. The number of benzene rings is 1. The molecule has 0 bridgehead atoms. The Hall–Kier alpha value is -2.81. The van der Waals surface area contributed by atoms with Gasteiger partial charge in [0.15, 0.2) is 0 Å². The Kier molecular flexibility index (Phi) is 15.5. The van der Waals surface area contributed by atoms with Crippen LogP contribution in [0.1, 0.15) is 65.0 Å². The Labute approximate surface area is 233 Å². The highest BCUT2D eigenvalue weighted by Crippen LogP contribution is 2.31. The highest BCUT2D eigenvalue weighted by Gasteiger charge is 2.34. The summed E-state index contributed by atoms with van der Waals surface area (Å²) in [7, 11) is 5.05. The number of methoxy groups -OCH3 is 1. The highest BCUT2D eigenvalue weighted by atomic mass is 16.5. The van der Waals surface area contributed by atoms with Gasteiger partial charge >= 0.3 is 5.97 Å². The zero-order valence-electron chi connectivity index (χ0n) is 24.9. The molecule has 0 aliphatic rings. The lowest BCUT2D eigenvalue weighted by atomic mass is 9.80. The van der Waals surface area contributed by atoms with E-state index in [4.69, 9.17) is 14.2 Å². The number of esters is 1. The Balaban J connectivity index is 3.24. The number of nitrogens with zero attached hydrogens (tertiary/aromatic N) is 4. The van der Waals surface area contributed by atoms with E-state index in [9.17, 15) is 20.2 Å². The predicted molar refractivity (Wildman–Crippen MR) is 151 cm³/mol. The van der Waals surface area contributed by atoms with Crippen LogP contribution in [0.25, 0.3) is 10.4 Å². The lowest BCUT2D eigenvalue weighted by molar-refractivity contribution is -0.151. The summed E-state index contributed by atoms with van der Waals surface area (Å²) < 4.78 is 16.7. The van der Waals surface area contributed by atoms with Gasteiger partial charge in [0, 0.05) is 57.5 Å². The van der Waals surface area contributed by atoms with Crippen LogP contribution in [0, 0.1) is 23.7 Å². The summed E-state index contributed by atoms with van der Waals surface area (Å²) in [5.74, 6) is 0.0484. The molecule has 0 heterocycles. The van der Waals surface area contributed by atoms with Crippen molar-refractivity contribution in [1.29, 1.82) is 0 Å². The zero-order valence-corrected chi connectivity index (χ0v) is 24.9. The van der Waals surface area contributed by atoms with Gasteiger partial charge in [-0.3, -0.25) is 9.59 Å². The molecule has 39 heavy (non-hydrogen) atoms. The number of amides is 1. The monoisotopic (exact) mass is 548 g/mol. The zero-order chi connectivity index (χ0) is 29.5. The molecule has 4 unspecified atom stereocenters. The number of hydrogen-bond donors (Lipinski definition) is 1. The van der Waals surface area contributed by atoms with Crippen LogP contribution in [0.2, 0.25) is 0 Å². The molecule has 1 rings (SSSR count). The van der Waals surface area contributed by atoms with Crippen LogP contribution in [0.15, 0.2) is 23.3 Å². The molecule has 0 fully saturated rings. The van der Waals surface area contributed by atoms with Crippen LogP contribution in [0.3, 0.4) is 0 Å². The molecule has 0 saturated carbocycles. The first-order valence-electron chi connectivity index (χ1n) is 13.7. The molecule has 4 atom stereocenters. The van der Waals surface area contributed by atoms with Gasteiger partial charge in [-0.25, -0.2) is 0 Å². The Morgan fingerprint density at radius 1 is 1.10 bits per heavy atom. The number of hydrogen-bond acceptors (Lipinski definition) is 7. The number of azide groups is 1. The molecular formula is C29H48N4O6. The van der Waals surface area contributed by atoms with Crippen molar-refractivity contribution in [3.8, 4) is 5.75 Å². The first-order chi connectivity index (χ1) is 18.4. The van der Waals surface area contributed by atoms with Gasteiger partial charge in [0.05, 0.1) is 19.3 Å². The van der Waals surface area contributed by atoms with Crippen molar-refractivity contribution < 1.29 is 28.9 Å². The van der Waals surface area contributed by atoms with Gasteiger partial charge in [0.25, 0.3) is 0 Å². The maximum Gasteiger partial charge on any atom is 0.302 e. The SMILES string of the molecule is COCCCOc1cc(CC(CC(N=[N+]=[N-])C(CC(C(=O)N(C)C)C(C)C)OC(C)=O)C(C)C)ccc1CO. The van der Waals surface area contributed by atoms with E-state index in [1.54, 1.807) is 26.1 Å². The molecule has 10 nitrogen and oxygen atoms in total. The fraction of sp³-hybridized carbons (Fsp3) is 0.724. The average Bonchev–Trinajstić information content (AvgIpc) is 2.87. The molecule has 220 valence electrons. The van der Waals surface area contributed by atoms with Crippen LogP contribution in [0.4, 0.5) is 0 Å². The molecule has 0 aromatic heterocycles. The third-order valence-corrected chi connectivity index (χ3v) is 7.03. The number of carbonyl (C=O) groups is 2. The molecule has 1 aromatic rings. The first-order valence-corrected chi connectivity index (χ1v) is 13.7. The second-order valence-corrected chi connectivity index (χ2v) is 11.0. The lowest BCUT2D eigenvalue weighted by Crippen LogP contribution is -2.40. The summed E-state index contributed by atoms with van der Waals surface area (Å²) in [6.07, 6.45) is 1.43. The van der Waals surface area contributed by atoms with Gasteiger partial charge < -0.3 is 24.2 Å². The van der Waals surface area contributed by atoms with Gasteiger partial charge in [-0.05, 0) is 54.2 Å². The van der Waals surface area contributed by atoms with Gasteiger partial charge in [-0.15, -0.1) is 0 Å². The molecular weight excluding hydrogens is 500 g/mol. The molecule has 10 heteroatoms. The molecule has 0 aliphatic heterocycles. The minimum atomic E-state index is -0.729. The summed E-state index contributed by atoms with van der Waals surface area (Å²) in [5.41, 5.74) is 11.1. The maximum absolute atomic E-state index is 12.9. The van der Waals surface area contributed by atoms with E-state index in [2.05, 4.69) is 23.9 Å². The van der Waals surface area contributed by atoms with Crippen LogP contribution < -0.4 is 4.74 Å². The fourth-order valence-corrected chi connectivity index (χ4v) is 4.66. The van der Waals surface area contributed by atoms with Crippen molar-refractivity contribution in [2.45, 2.75) is 79.1 Å². The summed E-state index contributed by atoms with van der Waals surface area (Å²) >= 11 is 0. The van der Waals surface area contributed by atoms with Crippen LogP contribution in [-0.4, -0.2) is 68.4 Å². The van der Waals surface area contributed by atoms with E-state index in [0.29, 0.717) is 37.4 Å². The summed E-state index contributed by atoms with van der Waals surface area (Å²) in [5, 5.41) is 13.8. The van der Waals surface area contributed by atoms with Crippen molar-refractivity contribution in [2.24, 2.45) is 28.8 Å². The summed E-state index contributed by atoms with van der Waals surface area (Å²) in [6, 6.07) is 5.15. The second kappa shape index (κ2) is 17.7. The molecule has 0 saturated heterocycles. The van der Waals surface area contributed by atoms with Crippen LogP contribution in [0.5, 0.6) is 5.75 Å². The second-order valence-electron chi connectivity index (χ2n) is 11.0. The molecule has 1 aromatic carbocycles. The maximum atomic E-state index is 12.9. The smallest absolute Gasteiger partial charge is 0.302 e. The number of aliphatic hydroxyl groups is 1. The molecule has 0 aliphatic carbocycles. The van der Waals surface area contributed by atoms with Crippen molar-refractivity contribution in [1.82, 2.24) is 4.90 Å². The minimum Gasteiger partial charge on any atom is -0.493 e. The Bertz CT molecular complexity index is 946. The third kappa shape index (κ3) is 11.9. The molecule has 0 spiro atoms. The van der Waals surface area contributed by atoms with Gasteiger partial charge in [0.2, 0.25) is 5.91 Å². The topological polar surface area (TPSA) is 134 Å². The standard InChI is InChI=1S/C29H48N4O6/c1-19(2)24(14-22-10-11-23(18-34)27(15-22)38-13-9-12-37-8)16-26(31-32-30)28(39-21(5)35)17-25(20(3)4)29(36)33(6)7/h10-11,15,19-20,24-26,28,34H,9,12-14,16-18H2,1-8H3. The van der Waals surface area contributed by atoms with Crippen molar-refractivity contribution in [2.75, 3.05) is 34.4 Å². The Morgan fingerprint density at radius 2 is 1.79 bits per heavy atom. The van der Waals surface area contributed by atoms with E-state index in [0.717, 1.165) is 12.0 Å². The van der Waals surface area contributed by atoms with Crippen molar-refractivity contribution in [3.05, 3.63) is 39.8 Å². The predicted octanol–water partition coefficient (Wildman–Crippen LogP) is 5.16. The van der Waals surface area contributed by atoms with E-state index in [1.807, 2.05) is 32.0 Å². The number of rotatable bonds is 18. The fourth-order valence-electron chi connectivity index (χ4n) is 4.66. The van der Waals surface area contributed by atoms with Crippen LogP contribution >= 0.6 is 0 Å². The number of carbonyl (C=O) groups excluding carboxylic acids is 2. The first kappa shape index (κ1) is 34.2. The normalized spacial score (nSPS) is 14.3. The van der Waals surface area contributed by atoms with Crippen molar-refractivity contribution in [3.63, 3.8) is 0 Å². The van der Waals surface area contributed by atoms with E-state index < -0.39 is 18.1 Å². The van der Waals surface area contributed by atoms with Crippen LogP contribution in [-0.2, 0) is 32.1 Å². The summed E-state index contributed by atoms with van der Waals surface area (Å²) in [6.45, 7) is 10.4. The minimum absolute atomic E-state index is 0.0120. The third-order valence-electron chi connectivity index (χ3n) is 7.03. The van der Waals surface area contributed by atoms with E-state index in [-0.39, 0.29) is 42.6 Å². The largest absolute Gasteiger partial charge is 0.493 e. The molecule has 1 N–H and O–H groups in total. The van der Waals surface area contributed by atoms with E-state index >= 15 is 0 Å². The van der Waals surface area contributed by atoms with Gasteiger partial charge in [0.1, 0.15) is 11.9 Å². The number of aliphatic hydroxyl groups excluding tert-OH is 1. The van der Waals surface area contributed by atoms with E-state index in [1.165, 1.54) is 6.92 Å². The molecule has 1 amide bonds. The lowest BCUT2D eigenvalue weighted by Gasteiger charge is -2.32. The van der Waals surface area contributed by atoms with Gasteiger partial charge in [-0.2, -0.15) is 0 Å². The quantitative estimate of drug-likeness (QED) is 0.0885. The molecule has 0 radical (unpaired) electrons. The summed E-state index contributed by atoms with van der Waals surface area (Å²) in [4.78, 5) is 29.6. The highest BCUT2D eigenvalue weighted by molar-refractivity contribution is 5.78. The van der Waals surface area contributed by atoms with Gasteiger partial charge in [-0.1, -0.05) is 44.9 Å². The Morgan fingerprint density at radius 3 is 2.31 bits per heavy atom.